The normalized spacial score (nSPS) is 20.6. The second kappa shape index (κ2) is 11.6. The van der Waals surface area contributed by atoms with Crippen molar-refractivity contribution >= 4 is 17.4 Å². The van der Waals surface area contributed by atoms with E-state index in [4.69, 9.17) is 0 Å². The van der Waals surface area contributed by atoms with E-state index in [1.165, 1.54) is 6.08 Å². The van der Waals surface area contributed by atoms with Gasteiger partial charge in [0.25, 0.3) is 0 Å². The van der Waals surface area contributed by atoms with Crippen LogP contribution in [-0.4, -0.2) is 88.4 Å². The Morgan fingerprint density at radius 3 is 2.43 bits per heavy atom. The number of amides is 1. The number of piperazine rings is 1. The van der Waals surface area contributed by atoms with Crippen LogP contribution in [0.5, 0.6) is 0 Å². The summed E-state index contributed by atoms with van der Waals surface area (Å²) in [6.07, 6.45) is 0.00347. The van der Waals surface area contributed by atoms with E-state index in [2.05, 4.69) is 27.6 Å². The van der Waals surface area contributed by atoms with Crippen molar-refractivity contribution in [3.63, 3.8) is 0 Å². The van der Waals surface area contributed by atoms with Gasteiger partial charge in [-0.25, -0.2) is 4.98 Å². The van der Waals surface area contributed by atoms with Gasteiger partial charge in [0.1, 0.15) is 17.5 Å². The zero-order valence-electron chi connectivity index (χ0n) is 23.8. The lowest BCUT2D eigenvalue weighted by Gasteiger charge is -2.51. The molecule has 13 heteroatoms. The van der Waals surface area contributed by atoms with Gasteiger partial charge in [-0.05, 0) is 31.4 Å². The fourth-order valence-electron chi connectivity index (χ4n) is 6.55. The number of hydrogen-bond donors (Lipinski definition) is 0. The third-order valence-electron chi connectivity index (χ3n) is 8.77. The number of rotatable bonds is 6. The Bertz CT molecular complexity index is 1410. The Balaban J connectivity index is 1.34. The molecular weight excluding hydrogens is 547 g/mol. The average Bonchev–Trinajstić information content (AvgIpc) is 3.28. The first-order valence-corrected chi connectivity index (χ1v) is 14.1. The molecule has 3 aliphatic rings. The molecule has 5 heterocycles. The fraction of sp³-hybridized carbons (Fsp3) is 0.552. The van der Waals surface area contributed by atoms with E-state index in [1.54, 1.807) is 21.9 Å². The summed E-state index contributed by atoms with van der Waals surface area (Å²) in [5, 5.41) is 23.4. The van der Waals surface area contributed by atoms with Crippen LogP contribution in [0.15, 0.2) is 24.9 Å². The van der Waals surface area contributed by atoms with Gasteiger partial charge in [-0.1, -0.05) is 6.58 Å². The molecule has 0 spiro atoms. The molecule has 222 valence electrons. The second-order valence-electron chi connectivity index (χ2n) is 11.2. The van der Waals surface area contributed by atoms with E-state index >= 15 is 0 Å². The molecule has 42 heavy (non-hydrogen) atoms. The SMILES string of the molecule is C=CC(=O)N1CCN(C2CN(c3cc(N4CCC(c5c(C)cnn5C)CC4)nc(C(F)(F)F)c3C#N)C2)C[C@H]1CC#N. The van der Waals surface area contributed by atoms with Crippen LogP contribution >= 0.6 is 0 Å². The van der Waals surface area contributed by atoms with Crippen molar-refractivity contribution in [1.29, 1.82) is 10.5 Å². The van der Waals surface area contributed by atoms with Crippen LogP contribution in [0.3, 0.4) is 0 Å². The number of pyridine rings is 1. The molecule has 3 saturated heterocycles. The number of piperidine rings is 1. The maximum Gasteiger partial charge on any atom is 0.434 e. The van der Waals surface area contributed by atoms with Crippen LogP contribution in [0.1, 0.15) is 47.7 Å². The lowest BCUT2D eigenvalue weighted by Crippen LogP contribution is -2.65. The Hall–Kier alpha value is -4.10. The Morgan fingerprint density at radius 1 is 1.14 bits per heavy atom. The molecule has 0 saturated carbocycles. The van der Waals surface area contributed by atoms with Gasteiger partial charge in [0.15, 0.2) is 5.69 Å². The van der Waals surface area contributed by atoms with Crippen LogP contribution in [-0.2, 0) is 18.0 Å². The van der Waals surface area contributed by atoms with Gasteiger partial charge in [-0.2, -0.15) is 28.8 Å². The molecule has 0 bridgehead atoms. The third-order valence-corrected chi connectivity index (χ3v) is 8.77. The molecule has 0 N–H and O–H groups in total. The van der Waals surface area contributed by atoms with Crippen molar-refractivity contribution in [2.24, 2.45) is 7.05 Å². The summed E-state index contributed by atoms with van der Waals surface area (Å²) in [5.41, 5.74) is 0.876. The summed E-state index contributed by atoms with van der Waals surface area (Å²) in [5.74, 6) is 0.273. The van der Waals surface area contributed by atoms with E-state index < -0.39 is 17.4 Å². The predicted molar refractivity (Wildman–Crippen MR) is 150 cm³/mol. The van der Waals surface area contributed by atoms with Crippen LogP contribution in [0.4, 0.5) is 24.7 Å². The number of nitriles is 2. The highest BCUT2D eigenvalue weighted by atomic mass is 19.4. The zero-order valence-corrected chi connectivity index (χ0v) is 23.8. The summed E-state index contributed by atoms with van der Waals surface area (Å²) in [7, 11) is 1.91. The molecule has 5 rings (SSSR count). The Labute approximate surface area is 243 Å². The lowest BCUT2D eigenvalue weighted by molar-refractivity contribution is -0.141. The Morgan fingerprint density at radius 2 is 1.86 bits per heavy atom. The fourth-order valence-corrected chi connectivity index (χ4v) is 6.55. The van der Waals surface area contributed by atoms with Crippen molar-refractivity contribution in [2.45, 2.75) is 50.4 Å². The third kappa shape index (κ3) is 5.53. The quantitative estimate of drug-likeness (QED) is 0.479. The van der Waals surface area contributed by atoms with Crippen LogP contribution in [0.25, 0.3) is 0 Å². The van der Waals surface area contributed by atoms with E-state index in [0.29, 0.717) is 45.8 Å². The van der Waals surface area contributed by atoms with Gasteiger partial charge in [-0.3, -0.25) is 14.4 Å². The van der Waals surface area contributed by atoms with E-state index in [1.807, 2.05) is 29.7 Å². The van der Waals surface area contributed by atoms with Crippen molar-refractivity contribution < 1.29 is 18.0 Å². The van der Waals surface area contributed by atoms with Crippen LogP contribution in [0, 0.1) is 29.6 Å². The van der Waals surface area contributed by atoms with E-state index in [-0.39, 0.29) is 41.8 Å². The maximum atomic E-state index is 14.2. The second-order valence-corrected chi connectivity index (χ2v) is 11.2. The van der Waals surface area contributed by atoms with Crippen molar-refractivity contribution in [3.05, 3.63) is 47.4 Å². The number of alkyl halides is 3. The monoisotopic (exact) mass is 581 g/mol. The summed E-state index contributed by atoms with van der Waals surface area (Å²) in [6.45, 7) is 9.06. The first-order valence-electron chi connectivity index (χ1n) is 14.1. The molecule has 0 unspecified atom stereocenters. The summed E-state index contributed by atoms with van der Waals surface area (Å²) < 4.78 is 44.4. The molecule has 1 atom stereocenters. The summed E-state index contributed by atoms with van der Waals surface area (Å²) in [4.78, 5) is 23.7. The van der Waals surface area contributed by atoms with Gasteiger partial charge >= 0.3 is 6.18 Å². The summed E-state index contributed by atoms with van der Waals surface area (Å²) in [6, 6.07) is 5.29. The number of carbonyl (C=O) groups excluding carboxylic acids is 1. The van der Waals surface area contributed by atoms with Gasteiger partial charge in [0.2, 0.25) is 5.91 Å². The molecule has 2 aromatic heterocycles. The molecular formula is C29H34F3N9O. The summed E-state index contributed by atoms with van der Waals surface area (Å²) >= 11 is 0. The van der Waals surface area contributed by atoms with Crippen molar-refractivity contribution in [2.75, 3.05) is 55.6 Å². The molecule has 3 aliphatic heterocycles. The average molecular weight is 582 g/mol. The molecule has 2 aromatic rings. The highest BCUT2D eigenvalue weighted by molar-refractivity contribution is 5.87. The Kier molecular flexibility index (Phi) is 8.15. The minimum Gasteiger partial charge on any atom is -0.367 e. The van der Waals surface area contributed by atoms with E-state index in [9.17, 15) is 28.5 Å². The first kappa shape index (κ1) is 29.4. The minimum atomic E-state index is -4.78. The largest absolute Gasteiger partial charge is 0.434 e. The molecule has 10 nitrogen and oxygen atoms in total. The highest BCUT2D eigenvalue weighted by Gasteiger charge is 2.42. The smallest absolute Gasteiger partial charge is 0.367 e. The lowest BCUT2D eigenvalue weighted by atomic mass is 9.91. The molecule has 1 amide bonds. The number of carbonyl (C=O) groups is 1. The van der Waals surface area contributed by atoms with Gasteiger partial charge in [0.05, 0.1) is 30.4 Å². The zero-order chi connectivity index (χ0) is 30.2. The minimum absolute atomic E-state index is 0.0301. The topological polar surface area (TPSA) is 108 Å². The molecule has 3 fully saturated rings. The number of nitrogens with zero attached hydrogens (tertiary/aromatic N) is 9. The number of halogens is 3. The number of aromatic nitrogens is 3. The van der Waals surface area contributed by atoms with E-state index in [0.717, 1.165) is 24.1 Å². The number of aryl methyl sites for hydroxylation is 2. The van der Waals surface area contributed by atoms with Gasteiger partial charge < -0.3 is 14.7 Å². The van der Waals surface area contributed by atoms with Crippen LogP contribution in [0.2, 0.25) is 0 Å². The van der Waals surface area contributed by atoms with Crippen molar-refractivity contribution in [3.8, 4) is 12.1 Å². The van der Waals surface area contributed by atoms with Gasteiger partial charge in [0, 0.05) is 76.6 Å². The predicted octanol–water partition coefficient (Wildman–Crippen LogP) is 3.20. The van der Waals surface area contributed by atoms with Crippen molar-refractivity contribution in [1.82, 2.24) is 24.6 Å². The molecule has 0 radical (unpaired) electrons. The maximum absolute atomic E-state index is 14.2. The first-order chi connectivity index (χ1) is 20.0. The molecule has 0 aliphatic carbocycles. The van der Waals surface area contributed by atoms with Crippen LogP contribution < -0.4 is 9.80 Å². The number of hydrogen-bond acceptors (Lipinski definition) is 8. The van der Waals surface area contributed by atoms with Gasteiger partial charge in [-0.15, -0.1) is 0 Å². The standard InChI is InChI=1S/C29H34F3N9O/c1-4-26(42)41-12-11-39(16-21(41)5-8-33)22-17-40(18-22)24-13-25(36-28(23(24)14-34)29(30,31)32)38-9-6-20(7-10-38)27-19(2)15-35-37(27)3/h4,13,15,20-22H,1,5-7,9-12,16-18H2,2-3H3/t21-/m1/s1. The number of anilines is 2. The highest BCUT2D eigenvalue weighted by Crippen LogP contribution is 2.40. The molecule has 0 aromatic carbocycles.